The van der Waals surface area contributed by atoms with Gasteiger partial charge in [-0.25, -0.2) is 4.79 Å². The molecule has 0 aliphatic heterocycles. The maximum absolute atomic E-state index is 12.6. The second-order valence-corrected chi connectivity index (χ2v) is 8.72. The fourth-order valence-electron chi connectivity index (χ4n) is 3.00. The highest BCUT2D eigenvalue weighted by Crippen LogP contribution is 2.19. The summed E-state index contributed by atoms with van der Waals surface area (Å²) in [5.41, 5.74) is 0.0829. The fourth-order valence-corrected chi connectivity index (χ4v) is 3.00. The van der Waals surface area contributed by atoms with Gasteiger partial charge in [0.05, 0.1) is 12.0 Å². The monoisotopic (exact) mass is 407 g/mol. The minimum Gasteiger partial charge on any atom is -0.481 e. The summed E-state index contributed by atoms with van der Waals surface area (Å²) in [5, 5.41) is 22.6. The van der Waals surface area contributed by atoms with E-state index in [1.807, 2.05) is 44.2 Å². The quantitative estimate of drug-likeness (QED) is 0.549. The zero-order valence-corrected chi connectivity index (χ0v) is 17.8. The molecule has 7 heteroatoms. The van der Waals surface area contributed by atoms with Crippen LogP contribution >= 0.6 is 0 Å². The predicted octanol–water partition coefficient (Wildman–Crippen LogP) is 3.19. The van der Waals surface area contributed by atoms with Crippen LogP contribution in [0.4, 0.5) is 4.79 Å². The molecule has 0 saturated heterocycles. The normalized spacial score (nSPS) is 14.7. The summed E-state index contributed by atoms with van der Waals surface area (Å²) < 4.78 is 5.24. The molecule has 0 spiro atoms. The molecule has 0 fully saturated rings. The standard InChI is InChI=1S/C22H33NO6/c1-14(2)11-16(20(26)27)13-18(24)19(25)17(12-15-9-7-6-8-10-15)23-21(28)29-22(3,4)5/h6-10,14,16-17,19,25H,11-13H2,1-5H3,(H,23,28)(H,26,27)/t16-,17-,19+/m1/s1. The Labute approximate surface area is 172 Å². The van der Waals surface area contributed by atoms with Gasteiger partial charge in [-0.3, -0.25) is 9.59 Å². The van der Waals surface area contributed by atoms with Crippen molar-refractivity contribution >= 4 is 17.8 Å². The number of amides is 1. The number of benzene rings is 1. The number of alkyl carbamates (subject to hydrolysis) is 1. The molecular weight excluding hydrogens is 374 g/mol. The second-order valence-electron chi connectivity index (χ2n) is 8.72. The highest BCUT2D eigenvalue weighted by atomic mass is 16.6. The van der Waals surface area contributed by atoms with E-state index in [4.69, 9.17) is 4.74 Å². The Morgan fingerprint density at radius 1 is 1.10 bits per heavy atom. The third-order valence-electron chi connectivity index (χ3n) is 4.26. The maximum atomic E-state index is 12.6. The van der Waals surface area contributed by atoms with Crippen molar-refractivity contribution in [2.45, 2.75) is 71.6 Å². The Morgan fingerprint density at radius 3 is 2.17 bits per heavy atom. The molecule has 7 nitrogen and oxygen atoms in total. The summed E-state index contributed by atoms with van der Waals surface area (Å²) in [6.07, 6.45) is -2.05. The Kier molecular flexibility index (Phi) is 9.30. The van der Waals surface area contributed by atoms with E-state index in [1.165, 1.54) is 0 Å². The van der Waals surface area contributed by atoms with Gasteiger partial charge >= 0.3 is 12.1 Å². The van der Waals surface area contributed by atoms with Crippen LogP contribution in [0.1, 0.15) is 53.0 Å². The third kappa shape index (κ3) is 9.56. The Morgan fingerprint density at radius 2 is 1.69 bits per heavy atom. The molecule has 1 aromatic carbocycles. The summed E-state index contributed by atoms with van der Waals surface area (Å²) in [4.78, 5) is 36.3. The first-order valence-electron chi connectivity index (χ1n) is 9.86. The number of carbonyl (C=O) groups excluding carboxylic acids is 2. The smallest absolute Gasteiger partial charge is 0.407 e. The van der Waals surface area contributed by atoms with Crippen molar-refractivity contribution in [1.29, 1.82) is 0 Å². The van der Waals surface area contributed by atoms with Gasteiger partial charge in [-0.05, 0) is 45.1 Å². The lowest BCUT2D eigenvalue weighted by Crippen LogP contribution is -2.50. The number of Topliss-reactive ketones (excluding diaryl/α,β-unsaturated/α-hetero) is 1. The Hall–Kier alpha value is -2.41. The molecule has 0 unspecified atom stereocenters. The molecule has 0 aliphatic rings. The van der Waals surface area contributed by atoms with Gasteiger partial charge < -0.3 is 20.3 Å². The Bertz CT molecular complexity index is 680. The van der Waals surface area contributed by atoms with E-state index in [1.54, 1.807) is 20.8 Å². The van der Waals surface area contributed by atoms with Gasteiger partial charge in [0.2, 0.25) is 0 Å². The van der Waals surface area contributed by atoms with Crippen LogP contribution in [0.25, 0.3) is 0 Å². The molecule has 162 valence electrons. The largest absolute Gasteiger partial charge is 0.481 e. The van der Waals surface area contributed by atoms with Crippen molar-refractivity contribution in [2.75, 3.05) is 0 Å². The van der Waals surface area contributed by atoms with Crippen molar-refractivity contribution in [3.05, 3.63) is 35.9 Å². The number of ketones is 1. The van der Waals surface area contributed by atoms with Crippen molar-refractivity contribution in [1.82, 2.24) is 5.32 Å². The number of carboxylic acid groups (broad SMARTS) is 1. The highest BCUT2D eigenvalue weighted by molar-refractivity contribution is 5.88. The lowest BCUT2D eigenvalue weighted by Gasteiger charge is -2.27. The number of hydrogen-bond donors (Lipinski definition) is 3. The van der Waals surface area contributed by atoms with Crippen molar-refractivity contribution < 1.29 is 29.3 Å². The fraction of sp³-hybridized carbons (Fsp3) is 0.591. The first-order valence-corrected chi connectivity index (χ1v) is 9.86. The van der Waals surface area contributed by atoms with E-state index in [2.05, 4.69) is 5.32 Å². The molecule has 0 heterocycles. The first-order chi connectivity index (χ1) is 13.4. The summed E-state index contributed by atoms with van der Waals surface area (Å²) in [7, 11) is 0. The molecule has 1 amide bonds. The van der Waals surface area contributed by atoms with E-state index < -0.39 is 41.5 Å². The lowest BCUT2D eigenvalue weighted by molar-refractivity contribution is -0.145. The van der Waals surface area contributed by atoms with Gasteiger partial charge in [0.1, 0.15) is 11.7 Å². The van der Waals surface area contributed by atoms with E-state index in [0.717, 1.165) is 5.56 Å². The number of aliphatic carboxylic acids is 1. The minimum absolute atomic E-state index is 0.0982. The molecule has 0 radical (unpaired) electrons. The number of nitrogens with one attached hydrogen (secondary N) is 1. The number of ether oxygens (including phenoxy) is 1. The van der Waals surface area contributed by atoms with Gasteiger partial charge in [0.25, 0.3) is 0 Å². The Balaban J connectivity index is 2.95. The summed E-state index contributed by atoms with van der Waals surface area (Å²) >= 11 is 0. The lowest BCUT2D eigenvalue weighted by atomic mass is 9.89. The van der Waals surface area contributed by atoms with E-state index in [0.29, 0.717) is 6.42 Å². The van der Waals surface area contributed by atoms with Crippen LogP contribution in [0.2, 0.25) is 0 Å². The zero-order chi connectivity index (χ0) is 22.2. The minimum atomic E-state index is -1.54. The van der Waals surface area contributed by atoms with E-state index in [-0.39, 0.29) is 18.8 Å². The second kappa shape index (κ2) is 11.0. The van der Waals surface area contributed by atoms with Crippen LogP contribution in [-0.4, -0.2) is 45.8 Å². The zero-order valence-electron chi connectivity index (χ0n) is 17.8. The maximum Gasteiger partial charge on any atom is 0.407 e. The number of carbonyl (C=O) groups is 3. The van der Waals surface area contributed by atoms with Crippen LogP contribution in [0.15, 0.2) is 30.3 Å². The molecule has 29 heavy (non-hydrogen) atoms. The van der Waals surface area contributed by atoms with Crippen molar-refractivity contribution in [3.8, 4) is 0 Å². The third-order valence-corrected chi connectivity index (χ3v) is 4.26. The average Bonchev–Trinajstić information content (AvgIpc) is 2.58. The molecule has 1 rings (SSSR count). The molecule has 0 bridgehead atoms. The molecule has 3 atom stereocenters. The number of aliphatic hydroxyl groups is 1. The summed E-state index contributed by atoms with van der Waals surface area (Å²) in [5.74, 6) is -2.47. The van der Waals surface area contributed by atoms with Crippen LogP contribution in [0, 0.1) is 11.8 Å². The van der Waals surface area contributed by atoms with Gasteiger partial charge in [-0.15, -0.1) is 0 Å². The molecule has 3 N–H and O–H groups in total. The van der Waals surface area contributed by atoms with Gasteiger partial charge in [-0.1, -0.05) is 44.2 Å². The molecule has 0 aromatic heterocycles. The summed E-state index contributed by atoms with van der Waals surface area (Å²) in [6.45, 7) is 8.88. The van der Waals surface area contributed by atoms with Crippen LogP contribution in [0.5, 0.6) is 0 Å². The number of rotatable bonds is 10. The molecule has 0 aliphatic carbocycles. The highest BCUT2D eigenvalue weighted by Gasteiger charge is 2.32. The van der Waals surface area contributed by atoms with Crippen molar-refractivity contribution in [2.24, 2.45) is 11.8 Å². The molecular formula is C22H33NO6. The van der Waals surface area contributed by atoms with Gasteiger partial charge in [0, 0.05) is 6.42 Å². The van der Waals surface area contributed by atoms with Gasteiger partial charge in [0.15, 0.2) is 5.78 Å². The topological polar surface area (TPSA) is 113 Å². The SMILES string of the molecule is CC(C)C[C@H](CC(=O)[C@@H](O)[C@@H](Cc1ccccc1)NC(=O)OC(C)(C)C)C(=O)O. The van der Waals surface area contributed by atoms with Crippen LogP contribution in [0.3, 0.4) is 0 Å². The van der Waals surface area contributed by atoms with Crippen molar-refractivity contribution in [3.63, 3.8) is 0 Å². The van der Waals surface area contributed by atoms with E-state index in [9.17, 15) is 24.6 Å². The first kappa shape index (κ1) is 24.6. The average molecular weight is 408 g/mol. The molecule has 0 saturated carbocycles. The summed E-state index contributed by atoms with van der Waals surface area (Å²) in [6, 6.07) is 8.17. The van der Waals surface area contributed by atoms with Crippen LogP contribution < -0.4 is 5.32 Å². The van der Waals surface area contributed by atoms with Gasteiger partial charge in [-0.2, -0.15) is 0 Å². The van der Waals surface area contributed by atoms with E-state index >= 15 is 0 Å². The van der Waals surface area contributed by atoms with Crippen LogP contribution in [-0.2, 0) is 20.7 Å². The number of aliphatic hydroxyl groups excluding tert-OH is 1. The number of carboxylic acids is 1. The number of hydrogen-bond acceptors (Lipinski definition) is 5. The predicted molar refractivity (Wildman–Crippen MR) is 110 cm³/mol. The molecule has 1 aromatic rings.